The number of ether oxygens (including phenoxy) is 1. The van der Waals surface area contributed by atoms with Crippen molar-refractivity contribution in [2.75, 3.05) is 13.7 Å². The Morgan fingerprint density at radius 2 is 2.16 bits per heavy atom. The second kappa shape index (κ2) is 6.08. The number of aliphatic carboxylic acids is 1. The summed E-state index contributed by atoms with van der Waals surface area (Å²) in [6.07, 6.45) is 7.70. The van der Waals surface area contributed by atoms with Crippen molar-refractivity contribution < 1.29 is 19.4 Å². The summed E-state index contributed by atoms with van der Waals surface area (Å²) in [5.41, 5.74) is 0. The molecule has 0 spiro atoms. The molecule has 2 rings (SSSR count). The van der Waals surface area contributed by atoms with Crippen LogP contribution in [-0.4, -0.2) is 41.6 Å². The standard InChI is InChI=1S/C14H21NO4/c1-19-11-8-13(16)15(9-11)12(14(17)18)7-10-5-3-2-4-6-10/h8,10,12H,2-7,9H2,1H3,(H,17,18). The van der Waals surface area contributed by atoms with Crippen LogP contribution < -0.4 is 0 Å². The maximum Gasteiger partial charge on any atom is 0.326 e. The third kappa shape index (κ3) is 3.28. The van der Waals surface area contributed by atoms with Crippen molar-refractivity contribution in [3.8, 4) is 0 Å². The van der Waals surface area contributed by atoms with E-state index in [1.165, 1.54) is 37.3 Å². The van der Waals surface area contributed by atoms with Crippen molar-refractivity contribution in [2.45, 2.75) is 44.6 Å². The Kier molecular flexibility index (Phi) is 4.45. The lowest BCUT2D eigenvalue weighted by Gasteiger charge is -2.29. The number of rotatable bonds is 5. The molecular weight excluding hydrogens is 246 g/mol. The molecule has 1 aliphatic heterocycles. The zero-order valence-electron chi connectivity index (χ0n) is 11.3. The van der Waals surface area contributed by atoms with Crippen LogP contribution in [-0.2, 0) is 14.3 Å². The first-order chi connectivity index (χ1) is 9.11. The molecule has 0 aromatic heterocycles. The number of carboxylic acid groups (broad SMARTS) is 1. The van der Waals surface area contributed by atoms with E-state index in [0.29, 0.717) is 18.1 Å². The fourth-order valence-electron chi connectivity index (χ4n) is 3.00. The van der Waals surface area contributed by atoms with Gasteiger partial charge in [0.1, 0.15) is 11.8 Å². The van der Waals surface area contributed by atoms with Crippen LogP contribution in [0.2, 0.25) is 0 Å². The Morgan fingerprint density at radius 3 is 2.68 bits per heavy atom. The molecule has 5 heteroatoms. The van der Waals surface area contributed by atoms with Crippen LogP contribution in [0.15, 0.2) is 11.8 Å². The van der Waals surface area contributed by atoms with Crippen LogP contribution in [0, 0.1) is 5.92 Å². The summed E-state index contributed by atoms with van der Waals surface area (Å²) in [4.78, 5) is 24.7. The molecule has 1 amide bonds. The molecule has 1 N–H and O–H groups in total. The molecular formula is C14H21NO4. The SMILES string of the molecule is COC1=CC(=O)N(C(CC2CCCCC2)C(=O)O)C1. The second-order valence-electron chi connectivity index (χ2n) is 5.37. The van der Waals surface area contributed by atoms with E-state index in [1.807, 2.05) is 0 Å². The van der Waals surface area contributed by atoms with Crippen LogP contribution in [0.25, 0.3) is 0 Å². The molecule has 1 fully saturated rings. The summed E-state index contributed by atoms with van der Waals surface area (Å²) in [5.74, 6) is -0.195. The van der Waals surface area contributed by atoms with Crippen molar-refractivity contribution >= 4 is 11.9 Å². The Hall–Kier alpha value is -1.52. The predicted molar refractivity (Wildman–Crippen MR) is 69.4 cm³/mol. The van der Waals surface area contributed by atoms with Gasteiger partial charge in [-0.3, -0.25) is 4.79 Å². The zero-order valence-corrected chi connectivity index (χ0v) is 11.3. The van der Waals surface area contributed by atoms with Crippen LogP contribution in [0.4, 0.5) is 0 Å². The average Bonchev–Trinajstić information content (AvgIpc) is 2.78. The van der Waals surface area contributed by atoms with E-state index >= 15 is 0 Å². The predicted octanol–water partition coefficient (Wildman–Crippen LogP) is 1.78. The fraction of sp³-hybridized carbons (Fsp3) is 0.714. The van der Waals surface area contributed by atoms with Gasteiger partial charge in [-0.1, -0.05) is 32.1 Å². The zero-order chi connectivity index (χ0) is 13.8. The highest BCUT2D eigenvalue weighted by atomic mass is 16.5. The van der Waals surface area contributed by atoms with E-state index < -0.39 is 12.0 Å². The summed E-state index contributed by atoms with van der Waals surface area (Å²) in [6, 6.07) is -0.723. The van der Waals surface area contributed by atoms with Gasteiger partial charge in [-0.2, -0.15) is 0 Å². The lowest BCUT2D eigenvalue weighted by molar-refractivity contribution is -0.148. The van der Waals surface area contributed by atoms with Crippen molar-refractivity contribution in [1.82, 2.24) is 4.90 Å². The van der Waals surface area contributed by atoms with E-state index in [9.17, 15) is 14.7 Å². The van der Waals surface area contributed by atoms with Gasteiger partial charge in [0.2, 0.25) is 0 Å². The minimum atomic E-state index is -0.912. The van der Waals surface area contributed by atoms with Gasteiger partial charge in [0.15, 0.2) is 0 Å². The fourth-order valence-corrected chi connectivity index (χ4v) is 3.00. The number of hydrogen-bond donors (Lipinski definition) is 1. The van der Waals surface area contributed by atoms with E-state index in [0.717, 1.165) is 12.8 Å². The van der Waals surface area contributed by atoms with Gasteiger partial charge in [0, 0.05) is 6.08 Å². The lowest BCUT2D eigenvalue weighted by atomic mass is 9.84. The lowest BCUT2D eigenvalue weighted by Crippen LogP contribution is -2.44. The number of carbonyl (C=O) groups is 2. The Bertz CT molecular complexity index is 385. The number of carboxylic acids is 1. The summed E-state index contributed by atoms with van der Waals surface area (Å²) in [5, 5.41) is 9.38. The highest BCUT2D eigenvalue weighted by Gasteiger charge is 2.35. The molecule has 0 radical (unpaired) electrons. The van der Waals surface area contributed by atoms with Gasteiger partial charge >= 0.3 is 5.97 Å². The second-order valence-corrected chi connectivity index (χ2v) is 5.37. The summed E-state index contributed by atoms with van der Waals surface area (Å²) < 4.78 is 5.04. The first-order valence-electron chi connectivity index (χ1n) is 6.89. The summed E-state index contributed by atoms with van der Waals surface area (Å²) >= 11 is 0. The molecule has 1 unspecified atom stereocenters. The number of carbonyl (C=O) groups excluding carboxylic acids is 1. The maximum absolute atomic E-state index is 11.8. The topological polar surface area (TPSA) is 66.8 Å². The Labute approximate surface area is 113 Å². The van der Waals surface area contributed by atoms with Crippen LogP contribution >= 0.6 is 0 Å². The first kappa shape index (κ1) is 13.9. The van der Waals surface area contributed by atoms with Crippen LogP contribution in [0.1, 0.15) is 38.5 Å². The third-order valence-corrected chi connectivity index (χ3v) is 4.10. The van der Waals surface area contributed by atoms with Crippen molar-refractivity contribution in [3.05, 3.63) is 11.8 Å². The monoisotopic (exact) mass is 267 g/mol. The molecule has 0 aromatic carbocycles. The van der Waals surface area contributed by atoms with Crippen molar-refractivity contribution in [2.24, 2.45) is 5.92 Å². The smallest absolute Gasteiger partial charge is 0.326 e. The van der Waals surface area contributed by atoms with Gasteiger partial charge in [-0.15, -0.1) is 0 Å². The van der Waals surface area contributed by atoms with E-state index in [1.54, 1.807) is 0 Å². The van der Waals surface area contributed by atoms with Crippen LogP contribution in [0.3, 0.4) is 0 Å². The average molecular weight is 267 g/mol. The van der Waals surface area contributed by atoms with Gasteiger partial charge in [-0.05, 0) is 12.3 Å². The summed E-state index contributed by atoms with van der Waals surface area (Å²) in [7, 11) is 1.50. The Morgan fingerprint density at radius 1 is 1.47 bits per heavy atom. The molecule has 1 heterocycles. The summed E-state index contributed by atoms with van der Waals surface area (Å²) in [6.45, 7) is 0.277. The highest BCUT2D eigenvalue weighted by Crippen LogP contribution is 2.29. The minimum absolute atomic E-state index is 0.250. The minimum Gasteiger partial charge on any atom is -0.499 e. The van der Waals surface area contributed by atoms with E-state index in [-0.39, 0.29) is 12.5 Å². The quantitative estimate of drug-likeness (QED) is 0.824. The number of hydrogen-bond acceptors (Lipinski definition) is 3. The van der Waals surface area contributed by atoms with Gasteiger partial charge in [0.25, 0.3) is 5.91 Å². The highest BCUT2D eigenvalue weighted by molar-refractivity contribution is 5.94. The van der Waals surface area contributed by atoms with Crippen molar-refractivity contribution in [3.63, 3.8) is 0 Å². The van der Waals surface area contributed by atoms with Gasteiger partial charge in [0.05, 0.1) is 13.7 Å². The normalized spacial score (nSPS) is 22.3. The molecule has 2 aliphatic rings. The molecule has 1 saturated carbocycles. The van der Waals surface area contributed by atoms with Crippen LogP contribution in [0.5, 0.6) is 0 Å². The first-order valence-corrected chi connectivity index (χ1v) is 6.89. The molecule has 0 aromatic rings. The molecule has 0 bridgehead atoms. The molecule has 19 heavy (non-hydrogen) atoms. The maximum atomic E-state index is 11.8. The number of amides is 1. The Balaban J connectivity index is 2.00. The number of methoxy groups -OCH3 is 1. The third-order valence-electron chi connectivity index (χ3n) is 4.10. The van der Waals surface area contributed by atoms with Crippen molar-refractivity contribution in [1.29, 1.82) is 0 Å². The molecule has 106 valence electrons. The van der Waals surface area contributed by atoms with Gasteiger partial charge < -0.3 is 14.7 Å². The largest absolute Gasteiger partial charge is 0.499 e. The molecule has 1 aliphatic carbocycles. The van der Waals surface area contributed by atoms with E-state index in [4.69, 9.17) is 4.74 Å². The van der Waals surface area contributed by atoms with Gasteiger partial charge in [-0.25, -0.2) is 4.79 Å². The molecule has 1 atom stereocenters. The van der Waals surface area contributed by atoms with E-state index in [2.05, 4.69) is 0 Å². The molecule has 5 nitrogen and oxygen atoms in total. The number of nitrogens with zero attached hydrogens (tertiary/aromatic N) is 1. The molecule has 0 saturated heterocycles.